The van der Waals surface area contributed by atoms with E-state index in [1.54, 1.807) is 24.3 Å². The molecule has 1 heterocycles. The molecule has 1 aliphatic heterocycles. The second kappa shape index (κ2) is 7.45. The summed E-state index contributed by atoms with van der Waals surface area (Å²) in [5.74, 6) is 0. The molecule has 124 valence electrons. The van der Waals surface area contributed by atoms with E-state index in [1.165, 1.54) is 4.31 Å². The van der Waals surface area contributed by atoms with Crippen LogP contribution in [0, 0.1) is 0 Å². The molecule has 0 saturated carbocycles. The summed E-state index contributed by atoms with van der Waals surface area (Å²) in [6.45, 7) is 0.684. The molecular weight excluding hydrogens is 312 g/mol. The van der Waals surface area contributed by atoms with Gasteiger partial charge in [0.05, 0.1) is 11.4 Å². The number of halogens is 2. The van der Waals surface area contributed by atoms with Gasteiger partial charge >= 0.3 is 0 Å². The Balaban J connectivity index is 1.96. The summed E-state index contributed by atoms with van der Waals surface area (Å²) >= 11 is 0. The SMILES string of the molecule is NCc1ccc(S(=O)(=O)N2CCC(NCC(F)F)CC2)cc1. The molecule has 2 rings (SSSR count). The minimum Gasteiger partial charge on any atom is -0.326 e. The molecule has 3 N–H and O–H groups in total. The summed E-state index contributed by atoms with van der Waals surface area (Å²) in [6.07, 6.45) is -1.32. The zero-order valence-corrected chi connectivity index (χ0v) is 13.0. The van der Waals surface area contributed by atoms with Crippen molar-refractivity contribution in [1.82, 2.24) is 9.62 Å². The van der Waals surface area contributed by atoms with Crippen LogP contribution in [-0.4, -0.2) is 44.8 Å². The molecule has 0 atom stereocenters. The molecule has 0 radical (unpaired) electrons. The molecule has 8 heteroatoms. The average molecular weight is 333 g/mol. The van der Waals surface area contributed by atoms with Crippen LogP contribution in [0.5, 0.6) is 0 Å². The van der Waals surface area contributed by atoms with Crippen LogP contribution in [0.1, 0.15) is 18.4 Å². The highest BCUT2D eigenvalue weighted by Crippen LogP contribution is 2.21. The van der Waals surface area contributed by atoms with Crippen LogP contribution >= 0.6 is 0 Å². The first-order valence-corrected chi connectivity index (χ1v) is 8.68. The van der Waals surface area contributed by atoms with Crippen molar-refractivity contribution in [3.05, 3.63) is 29.8 Å². The topological polar surface area (TPSA) is 75.4 Å². The van der Waals surface area contributed by atoms with Crippen molar-refractivity contribution in [3.8, 4) is 0 Å². The maximum atomic E-state index is 12.5. The van der Waals surface area contributed by atoms with Gasteiger partial charge in [0.2, 0.25) is 10.0 Å². The van der Waals surface area contributed by atoms with E-state index in [1.807, 2.05) is 0 Å². The molecule has 1 aliphatic rings. The van der Waals surface area contributed by atoms with Crippen molar-refractivity contribution in [3.63, 3.8) is 0 Å². The summed E-state index contributed by atoms with van der Waals surface area (Å²) in [6, 6.07) is 6.45. The van der Waals surface area contributed by atoms with E-state index >= 15 is 0 Å². The first-order valence-electron chi connectivity index (χ1n) is 7.24. The molecule has 1 aromatic rings. The number of alkyl halides is 2. The molecule has 1 fully saturated rings. The molecular formula is C14H21F2N3O2S. The molecule has 0 aromatic heterocycles. The molecule has 0 amide bonds. The molecule has 0 bridgehead atoms. The van der Waals surface area contributed by atoms with E-state index in [9.17, 15) is 17.2 Å². The van der Waals surface area contributed by atoms with Crippen LogP contribution in [0.15, 0.2) is 29.2 Å². The Labute approximate surface area is 129 Å². The van der Waals surface area contributed by atoms with Gasteiger partial charge in [-0.15, -0.1) is 0 Å². The second-order valence-electron chi connectivity index (χ2n) is 5.33. The number of nitrogens with two attached hydrogens (primary N) is 1. The standard InChI is InChI=1S/C14H21F2N3O2S/c15-14(16)10-18-12-5-7-19(8-6-12)22(20,21)13-3-1-11(9-17)2-4-13/h1-4,12,14,18H,5-10,17H2. The number of hydrogen-bond acceptors (Lipinski definition) is 4. The lowest BCUT2D eigenvalue weighted by atomic mass is 10.1. The number of hydrogen-bond donors (Lipinski definition) is 2. The molecule has 1 aromatic carbocycles. The van der Waals surface area contributed by atoms with Gasteiger partial charge in [-0.05, 0) is 30.5 Å². The molecule has 0 unspecified atom stereocenters. The van der Waals surface area contributed by atoms with Crippen molar-refractivity contribution in [2.24, 2.45) is 5.73 Å². The van der Waals surface area contributed by atoms with Gasteiger partial charge in [0.15, 0.2) is 0 Å². The number of piperidine rings is 1. The van der Waals surface area contributed by atoms with Crippen LogP contribution in [0.3, 0.4) is 0 Å². The Kier molecular flexibility index (Phi) is 5.85. The van der Waals surface area contributed by atoms with E-state index in [0.717, 1.165) is 5.56 Å². The predicted octanol–water partition coefficient (Wildman–Crippen LogP) is 1.15. The second-order valence-corrected chi connectivity index (χ2v) is 7.26. The van der Waals surface area contributed by atoms with Gasteiger partial charge in [0.1, 0.15) is 0 Å². The Bertz CT molecular complexity index is 570. The Morgan fingerprint density at radius 2 is 1.82 bits per heavy atom. The van der Waals surface area contributed by atoms with Gasteiger partial charge in [-0.1, -0.05) is 12.1 Å². The third kappa shape index (κ3) is 4.22. The maximum Gasteiger partial charge on any atom is 0.250 e. The minimum atomic E-state index is -3.53. The monoisotopic (exact) mass is 333 g/mol. The van der Waals surface area contributed by atoms with Crippen molar-refractivity contribution in [2.75, 3.05) is 19.6 Å². The van der Waals surface area contributed by atoms with Crippen LogP contribution in [0.4, 0.5) is 8.78 Å². The van der Waals surface area contributed by atoms with Gasteiger partial charge in [0.25, 0.3) is 6.43 Å². The first kappa shape index (κ1) is 17.3. The highest BCUT2D eigenvalue weighted by Gasteiger charge is 2.29. The zero-order valence-electron chi connectivity index (χ0n) is 12.2. The van der Waals surface area contributed by atoms with Crippen LogP contribution in [0.25, 0.3) is 0 Å². The quantitative estimate of drug-likeness (QED) is 0.819. The fourth-order valence-corrected chi connectivity index (χ4v) is 3.97. The third-order valence-corrected chi connectivity index (χ3v) is 5.72. The van der Waals surface area contributed by atoms with Gasteiger partial charge < -0.3 is 11.1 Å². The maximum absolute atomic E-state index is 12.5. The summed E-state index contributed by atoms with van der Waals surface area (Å²) in [5.41, 5.74) is 6.37. The van der Waals surface area contributed by atoms with Crippen LogP contribution in [0.2, 0.25) is 0 Å². The molecule has 1 saturated heterocycles. The Hall–Kier alpha value is -1.09. The van der Waals surface area contributed by atoms with Crippen molar-refractivity contribution < 1.29 is 17.2 Å². The summed E-state index contributed by atoms with van der Waals surface area (Å²) in [5, 5.41) is 2.76. The van der Waals surface area contributed by atoms with E-state index < -0.39 is 16.4 Å². The average Bonchev–Trinajstić information content (AvgIpc) is 2.53. The lowest BCUT2D eigenvalue weighted by Gasteiger charge is -2.31. The molecule has 5 nitrogen and oxygen atoms in total. The van der Waals surface area contributed by atoms with E-state index in [-0.39, 0.29) is 17.5 Å². The van der Waals surface area contributed by atoms with Gasteiger partial charge in [-0.2, -0.15) is 4.31 Å². The number of nitrogens with one attached hydrogen (secondary N) is 1. The van der Waals surface area contributed by atoms with Gasteiger partial charge in [0, 0.05) is 25.7 Å². The van der Waals surface area contributed by atoms with Crippen LogP contribution in [-0.2, 0) is 16.6 Å². The smallest absolute Gasteiger partial charge is 0.250 e. The number of rotatable bonds is 6. The first-order chi connectivity index (χ1) is 10.4. The fraction of sp³-hybridized carbons (Fsp3) is 0.571. The number of benzene rings is 1. The Morgan fingerprint density at radius 3 is 2.32 bits per heavy atom. The van der Waals surface area contributed by atoms with Gasteiger partial charge in [-0.25, -0.2) is 17.2 Å². The van der Waals surface area contributed by atoms with Crippen LogP contribution < -0.4 is 11.1 Å². The lowest BCUT2D eigenvalue weighted by molar-refractivity contribution is 0.136. The number of nitrogens with zero attached hydrogens (tertiary/aromatic N) is 1. The fourth-order valence-electron chi connectivity index (χ4n) is 2.50. The van der Waals surface area contributed by atoms with E-state index in [4.69, 9.17) is 5.73 Å². The largest absolute Gasteiger partial charge is 0.326 e. The predicted molar refractivity (Wildman–Crippen MR) is 80.1 cm³/mol. The van der Waals surface area contributed by atoms with E-state index in [0.29, 0.717) is 32.5 Å². The number of sulfonamides is 1. The molecule has 0 aliphatic carbocycles. The molecule has 22 heavy (non-hydrogen) atoms. The van der Waals surface area contributed by atoms with Crippen molar-refractivity contribution in [2.45, 2.75) is 36.7 Å². The molecule has 0 spiro atoms. The normalized spacial score (nSPS) is 18.0. The lowest BCUT2D eigenvalue weighted by Crippen LogP contribution is -2.45. The zero-order chi connectivity index (χ0) is 16.2. The summed E-state index contributed by atoms with van der Waals surface area (Å²) in [7, 11) is -3.53. The van der Waals surface area contributed by atoms with E-state index in [2.05, 4.69) is 5.32 Å². The summed E-state index contributed by atoms with van der Waals surface area (Å²) in [4.78, 5) is 0.240. The third-order valence-electron chi connectivity index (χ3n) is 3.81. The van der Waals surface area contributed by atoms with Crippen molar-refractivity contribution in [1.29, 1.82) is 0 Å². The summed E-state index contributed by atoms with van der Waals surface area (Å²) < 4.78 is 50.8. The Morgan fingerprint density at radius 1 is 1.23 bits per heavy atom. The highest BCUT2D eigenvalue weighted by atomic mass is 32.2. The van der Waals surface area contributed by atoms with Crippen molar-refractivity contribution >= 4 is 10.0 Å². The van der Waals surface area contributed by atoms with Gasteiger partial charge in [-0.3, -0.25) is 0 Å². The minimum absolute atomic E-state index is 0.0555. The highest BCUT2D eigenvalue weighted by molar-refractivity contribution is 7.89.